The van der Waals surface area contributed by atoms with Gasteiger partial charge in [-0.05, 0) is 42.5 Å². The standard InChI is InChI=1S/C18H30N2/c1-15(2)19-13-16-5-7-17(8-6-16)14-20-11-9-18(3,4)10-12-20/h5-8,15,19H,9-14H2,1-4H3. The molecular formula is C18H30N2. The van der Waals surface area contributed by atoms with E-state index in [9.17, 15) is 0 Å². The molecule has 20 heavy (non-hydrogen) atoms. The average molecular weight is 274 g/mol. The Hall–Kier alpha value is -0.860. The highest BCUT2D eigenvalue weighted by atomic mass is 15.1. The Morgan fingerprint density at radius 1 is 1.05 bits per heavy atom. The van der Waals surface area contributed by atoms with Crippen LogP contribution in [0.25, 0.3) is 0 Å². The average Bonchev–Trinajstić information content (AvgIpc) is 2.40. The topological polar surface area (TPSA) is 15.3 Å². The summed E-state index contributed by atoms with van der Waals surface area (Å²) in [6.45, 7) is 13.7. The van der Waals surface area contributed by atoms with E-state index in [0.717, 1.165) is 13.1 Å². The predicted molar refractivity (Wildman–Crippen MR) is 86.7 cm³/mol. The number of nitrogens with one attached hydrogen (secondary N) is 1. The van der Waals surface area contributed by atoms with Crippen LogP contribution < -0.4 is 5.32 Å². The summed E-state index contributed by atoms with van der Waals surface area (Å²) in [6.07, 6.45) is 2.65. The van der Waals surface area contributed by atoms with Crippen molar-refractivity contribution in [2.45, 2.75) is 59.7 Å². The summed E-state index contributed by atoms with van der Waals surface area (Å²) >= 11 is 0. The third kappa shape index (κ3) is 4.92. The van der Waals surface area contributed by atoms with E-state index in [4.69, 9.17) is 0 Å². The van der Waals surface area contributed by atoms with Gasteiger partial charge in [0.15, 0.2) is 0 Å². The zero-order valence-corrected chi connectivity index (χ0v) is 13.6. The molecule has 0 radical (unpaired) electrons. The summed E-state index contributed by atoms with van der Waals surface area (Å²) < 4.78 is 0. The molecule has 2 rings (SSSR count). The molecule has 1 N–H and O–H groups in total. The molecule has 1 saturated heterocycles. The second-order valence-electron chi connectivity index (χ2n) is 7.29. The van der Waals surface area contributed by atoms with Gasteiger partial charge in [-0.1, -0.05) is 52.0 Å². The van der Waals surface area contributed by atoms with Gasteiger partial charge in [-0.2, -0.15) is 0 Å². The number of rotatable bonds is 5. The van der Waals surface area contributed by atoms with Crippen molar-refractivity contribution >= 4 is 0 Å². The van der Waals surface area contributed by atoms with Crippen molar-refractivity contribution in [1.82, 2.24) is 10.2 Å². The molecule has 0 amide bonds. The third-order valence-corrected chi connectivity index (χ3v) is 4.35. The lowest BCUT2D eigenvalue weighted by atomic mass is 9.82. The summed E-state index contributed by atoms with van der Waals surface area (Å²) in [4.78, 5) is 2.59. The van der Waals surface area contributed by atoms with E-state index in [0.29, 0.717) is 11.5 Å². The largest absolute Gasteiger partial charge is 0.310 e. The van der Waals surface area contributed by atoms with Gasteiger partial charge in [0.2, 0.25) is 0 Å². The van der Waals surface area contributed by atoms with Crippen molar-refractivity contribution < 1.29 is 0 Å². The molecular weight excluding hydrogens is 244 g/mol. The Morgan fingerprint density at radius 3 is 2.15 bits per heavy atom. The molecule has 1 fully saturated rings. The molecule has 0 aromatic heterocycles. The molecule has 1 aromatic rings. The van der Waals surface area contributed by atoms with Gasteiger partial charge < -0.3 is 5.32 Å². The Labute approximate surface area is 124 Å². The minimum atomic E-state index is 0.545. The first-order chi connectivity index (χ1) is 9.44. The summed E-state index contributed by atoms with van der Waals surface area (Å²) in [5.74, 6) is 0. The second-order valence-corrected chi connectivity index (χ2v) is 7.29. The number of piperidine rings is 1. The molecule has 1 aliphatic heterocycles. The SMILES string of the molecule is CC(C)NCc1ccc(CN2CCC(C)(C)CC2)cc1. The van der Waals surface area contributed by atoms with Gasteiger partial charge in [-0.15, -0.1) is 0 Å². The van der Waals surface area contributed by atoms with Crippen LogP contribution in [0, 0.1) is 5.41 Å². The first kappa shape index (κ1) is 15.5. The van der Waals surface area contributed by atoms with Gasteiger partial charge in [0.25, 0.3) is 0 Å². The highest BCUT2D eigenvalue weighted by molar-refractivity contribution is 5.22. The number of likely N-dealkylation sites (tertiary alicyclic amines) is 1. The number of hydrogen-bond acceptors (Lipinski definition) is 2. The zero-order valence-electron chi connectivity index (χ0n) is 13.6. The van der Waals surface area contributed by atoms with E-state index in [2.05, 4.69) is 62.2 Å². The predicted octanol–water partition coefficient (Wildman–Crippen LogP) is 3.81. The fourth-order valence-corrected chi connectivity index (χ4v) is 2.66. The van der Waals surface area contributed by atoms with Crippen molar-refractivity contribution in [2.75, 3.05) is 13.1 Å². The van der Waals surface area contributed by atoms with Crippen LogP contribution in [0.2, 0.25) is 0 Å². The minimum Gasteiger partial charge on any atom is -0.310 e. The fourth-order valence-electron chi connectivity index (χ4n) is 2.66. The molecule has 0 bridgehead atoms. The van der Waals surface area contributed by atoms with Crippen LogP contribution in [-0.2, 0) is 13.1 Å². The maximum atomic E-state index is 3.46. The molecule has 1 aliphatic rings. The maximum absolute atomic E-state index is 3.46. The van der Waals surface area contributed by atoms with E-state index in [1.54, 1.807) is 0 Å². The van der Waals surface area contributed by atoms with E-state index in [1.807, 2.05) is 0 Å². The van der Waals surface area contributed by atoms with Crippen LogP contribution in [-0.4, -0.2) is 24.0 Å². The van der Waals surface area contributed by atoms with E-state index in [1.165, 1.54) is 37.1 Å². The molecule has 0 saturated carbocycles. The zero-order chi connectivity index (χ0) is 14.6. The van der Waals surface area contributed by atoms with E-state index >= 15 is 0 Å². The first-order valence-corrected chi connectivity index (χ1v) is 7.98. The lowest BCUT2D eigenvalue weighted by Gasteiger charge is -2.36. The molecule has 112 valence electrons. The third-order valence-electron chi connectivity index (χ3n) is 4.35. The van der Waals surface area contributed by atoms with Crippen LogP contribution in [0.5, 0.6) is 0 Å². The highest BCUT2D eigenvalue weighted by Crippen LogP contribution is 2.30. The van der Waals surface area contributed by atoms with E-state index < -0.39 is 0 Å². The minimum absolute atomic E-state index is 0.545. The summed E-state index contributed by atoms with van der Waals surface area (Å²) in [7, 11) is 0. The van der Waals surface area contributed by atoms with Crippen LogP contribution in [0.15, 0.2) is 24.3 Å². The molecule has 0 spiro atoms. The van der Waals surface area contributed by atoms with Gasteiger partial charge >= 0.3 is 0 Å². The number of hydrogen-bond donors (Lipinski definition) is 1. The van der Waals surface area contributed by atoms with E-state index in [-0.39, 0.29) is 0 Å². The van der Waals surface area contributed by atoms with Crippen LogP contribution in [0.4, 0.5) is 0 Å². The van der Waals surface area contributed by atoms with Gasteiger partial charge in [-0.25, -0.2) is 0 Å². The highest BCUT2D eigenvalue weighted by Gasteiger charge is 2.24. The van der Waals surface area contributed by atoms with Crippen LogP contribution in [0.3, 0.4) is 0 Å². The summed E-state index contributed by atoms with van der Waals surface area (Å²) in [5, 5.41) is 3.46. The molecule has 0 aliphatic carbocycles. The molecule has 0 unspecified atom stereocenters. The molecule has 1 aromatic carbocycles. The number of nitrogens with zero attached hydrogens (tertiary/aromatic N) is 1. The lowest BCUT2D eigenvalue weighted by Crippen LogP contribution is -2.36. The quantitative estimate of drug-likeness (QED) is 0.878. The second kappa shape index (κ2) is 6.73. The Kier molecular flexibility index (Phi) is 5.22. The first-order valence-electron chi connectivity index (χ1n) is 7.98. The van der Waals surface area contributed by atoms with Crippen molar-refractivity contribution in [3.05, 3.63) is 35.4 Å². The molecule has 2 nitrogen and oxygen atoms in total. The van der Waals surface area contributed by atoms with Gasteiger partial charge in [0.1, 0.15) is 0 Å². The Balaban J connectivity index is 1.82. The number of benzene rings is 1. The molecule has 0 atom stereocenters. The smallest absolute Gasteiger partial charge is 0.0233 e. The maximum Gasteiger partial charge on any atom is 0.0233 e. The normalized spacial score (nSPS) is 19.4. The monoisotopic (exact) mass is 274 g/mol. The van der Waals surface area contributed by atoms with Gasteiger partial charge in [0.05, 0.1) is 0 Å². The van der Waals surface area contributed by atoms with Crippen molar-refractivity contribution in [1.29, 1.82) is 0 Å². The van der Waals surface area contributed by atoms with Crippen molar-refractivity contribution in [2.24, 2.45) is 5.41 Å². The lowest BCUT2D eigenvalue weighted by molar-refractivity contribution is 0.127. The van der Waals surface area contributed by atoms with Crippen LogP contribution >= 0.6 is 0 Å². The van der Waals surface area contributed by atoms with Crippen molar-refractivity contribution in [3.8, 4) is 0 Å². The van der Waals surface area contributed by atoms with Gasteiger partial charge in [-0.3, -0.25) is 4.90 Å². The summed E-state index contributed by atoms with van der Waals surface area (Å²) in [5.41, 5.74) is 3.36. The fraction of sp³-hybridized carbons (Fsp3) is 0.667. The Morgan fingerprint density at radius 2 is 1.60 bits per heavy atom. The Bertz CT molecular complexity index is 396. The van der Waals surface area contributed by atoms with Crippen LogP contribution in [0.1, 0.15) is 51.7 Å². The van der Waals surface area contributed by atoms with Gasteiger partial charge in [0, 0.05) is 19.1 Å². The summed E-state index contributed by atoms with van der Waals surface area (Å²) in [6, 6.07) is 9.65. The molecule has 1 heterocycles. The van der Waals surface area contributed by atoms with Crippen molar-refractivity contribution in [3.63, 3.8) is 0 Å². The molecule has 2 heteroatoms.